The number of hydrogen-bond acceptors (Lipinski definition) is 10. The number of fused-ring (bicyclic) bond motifs is 3. The van der Waals surface area contributed by atoms with Crippen LogP contribution in [0.15, 0.2) is 53.7 Å². The van der Waals surface area contributed by atoms with E-state index < -0.39 is 9.84 Å². The second-order valence-corrected chi connectivity index (χ2v) is 13.4. The molecular weight excluding hydrogens is 582 g/mol. The van der Waals surface area contributed by atoms with Crippen LogP contribution in [-0.4, -0.2) is 79.4 Å². The van der Waals surface area contributed by atoms with E-state index in [9.17, 15) is 13.2 Å². The minimum absolute atomic E-state index is 0.0114. The molecule has 1 aromatic carbocycles. The first-order valence-corrected chi connectivity index (χ1v) is 16.2. The quantitative estimate of drug-likeness (QED) is 0.289. The van der Waals surface area contributed by atoms with Crippen LogP contribution in [0.5, 0.6) is 5.75 Å². The normalized spacial score (nSPS) is 19.9. The molecule has 14 heteroatoms. The molecular formula is C30H31N9O4S. The third-order valence-electron chi connectivity index (χ3n) is 8.65. The zero-order valence-electron chi connectivity index (χ0n) is 24.4. The number of aromatic amines is 1. The van der Waals surface area contributed by atoms with E-state index in [0.29, 0.717) is 35.6 Å². The van der Waals surface area contributed by atoms with Gasteiger partial charge in [-0.1, -0.05) is 6.07 Å². The molecule has 2 aliphatic rings. The standard InChI is InChI=1S/C30H31N9O4S/c1-16-34-28(37-36-16)30(40)38-20-7-8-21(38)13-19(12-20)25-26(44(3,41)42)27(31)39-29(35-25)23(15-33-39)18-6-11-24(32-14-18)17-4-9-22(43-2)10-5-17/h4-6,9-11,14-15,19-21H,7-8,12-13,31H2,1-3H3,(H,34,36,37)/t19-,20+,21-. The van der Waals surface area contributed by atoms with Crippen LogP contribution in [0.4, 0.5) is 5.82 Å². The van der Waals surface area contributed by atoms with Gasteiger partial charge in [0, 0.05) is 47.1 Å². The second kappa shape index (κ2) is 10.4. The van der Waals surface area contributed by atoms with E-state index in [0.717, 1.165) is 41.7 Å². The fraction of sp³-hybridized carbons (Fsp3) is 0.333. The fourth-order valence-corrected chi connectivity index (χ4v) is 7.72. The summed E-state index contributed by atoms with van der Waals surface area (Å²) in [7, 11) is -2.14. The summed E-state index contributed by atoms with van der Waals surface area (Å²) in [6.45, 7) is 1.75. The lowest BCUT2D eigenvalue weighted by Crippen LogP contribution is -2.46. The van der Waals surface area contributed by atoms with E-state index in [4.69, 9.17) is 15.5 Å². The maximum atomic E-state index is 13.3. The highest BCUT2D eigenvalue weighted by Crippen LogP contribution is 2.45. The molecule has 2 saturated heterocycles. The summed E-state index contributed by atoms with van der Waals surface area (Å²) < 4.78 is 32.9. The summed E-state index contributed by atoms with van der Waals surface area (Å²) in [5.74, 6) is 1.16. The molecule has 2 bridgehead atoms. The summed E-state index contributed by atoms with van der Waals surface area (Å²) in [5.41, 5.74) is 10.6. The van der Waals surface area contributed by atoms with E-state index in [2.05, 4.69) is 25.3 Å². The number of pyridine rings is 1. The summed E-state index contributed by atoms with van der Waals surface area (Å²) >= 11 is 0. The highest BCUT2D eigenvalue weighted by Gasteiger charge is 2.46. The van der Waals surface area contributed by atoms with Gasteiger partial charge in [0.2, 0.25) is 5.82 Å². The van der Waals surface area contributed by atoms with Crippen molar-refractivity contribution >= 4 is 27.2 Å². The number of sulfone groups is 1. The van der Waals surface area contributed by atoms with Crippen LogP contribution in [-0.2, 0) is 9.84 Å². The summed E-state index contributed by atoms with van der Waals surface area (Å²) in [4.78, 5) is 27.7. The maximum absolute atomic E-state index is 13.3. The molecule has 226 valence electrons. The number of nitrogens with two attached hydrogens (primary N) is 1. The molecule has 3 atom stereocenters. The van der Waals surface area contributed by atoms with Gasteiger partial charge >= 0.3 is 0 Å². The number of aromatic nitrogens is 7. The number of nitrogen functional groups attached to an aromatic ring is 1. The van der Waals surface area contributed by atoms with Gasteiger partial charge in [-0.25, -0.2) is 13.4 Å². The van der Waals surface area contributed by atoms with Gasteiger partial charge in [0.05, 0.1) is 24.7 Å². The Bertz CT molecular complexity index is 1990. The highest BCUT2D eigenvalue weighted by atomic mass is 32.2. The van der Waals surface area contributed by atoms with Gasteiger partial charge in [0.15, 0.2) is 15.5 Å². The number of nitrogens with one attached hydrogen (secondary N) is 1. The first kappa shape index (κ1) is 28.0. The third-order valence-corrected chi connectivity index (χ3v) is 9.81. The summed E-state index contributed by atoms with van der Waals surface area (Å²) in [6, 6.07) is 11.3. The number of aryl methyl sites for hydroxylation is 1. The molecule has 0 aliphatic carbocycles. The second-order valence-electron chi connectivity index (χ2n) is 11.5. The number of rotatable bonds is 6. The maximum Gasteiger partial charge on any atom is 0.292 e. The Hall–Kier alpha value is -4.85. The van der Waals surface area contributed by atoms with E-state index in [-0.39, 0.29) is 40.4 Å². The fourth-order valence-electron chi connectivity index (χ4n) is 6.66. The topological polar surface area (TPSA) is 174 Å². The minimum atomic E-state index is -3.76. The minimum Gasteiger partial charge on any atom is -0.497 e. The molecule has 44 heavy (non-hydrogen) atoms. The lowest BCUT2D eigenvalue weighted by atomic mass is 9.87. The lowest BCUT2D eigenvalue weighted by molar-refractivity contribution is 0.0556. The predicted molar refractivity (Wildman–Crippen MR) is 162 cm³/mol. The molecule has 2 fully saturated rings. The molecule has 3 N–H and O–H groups in total. The average Bonchev–Trinajstić information content (AvgIpc) is 3.71. The van der Waals surface area contributed by atoms with Crippen molar-refractivity contribution in [3.63, 3.8) is 0 Å². The van der Waals surface area contributed by atoms with Crippen molar-refractivity contribution in [2.75, 3.05) is 19.1 Å². The summed E-state index contributed by atoms with van der Waals surface area (Å²) in [6.07, 6.45) is 7.26. The first-order valence-electron chi connectivity index (χ1n) is 14.3. The number of anilines is 1. The van der Waals surface area contributed by atoms with Crippen molar-refractivity contribution in [3.8, 4) is 28.1 Å². The molecule has 0 radical (unpaired) electrons. The number of hydrogen-bond donors (Lipinski definition) is 2. The van der Waals surface area contributed by atoms with Crippen LogP contribution in [0, 0.1) is 6.92 Å². The monoisotopic (exact) mass is 613 g/mol. The van der Waals surface area contributed by atoms with Crippen LogP contribution in [0.2, 0.25) is 0 Å². The van der Waals surface area contributed by atoms with Crippen LogP contribution in [0.3, 0.4) is 0 Å². The van der Waals surface area contributed by atoms with E-state index in [1.807, 2.05) is 41.3 Å². The number of carbonyl (C=O) groups is 1. The van der Waals surface area contributed by atoms with Crippen LogP contribution < -0.4 is 10.5 Å². The van der Waals surface area contributed by atoms with Gasteiger partial charge < -0.3 is 20.4 Å². The number of methoxy groups -OCH3 is 1. The van der Waals surface area contributed by atoms with E-state index >= 15 is 0 Å². The Balaban J connectivity index is 1.25. The molecule has 0 saturated carbocycles. The van der Waals surface area contributed by atoms with Crippen LogP contribution >= 0.6 is 0 Å². The third kappa shape index (κ3) is 4.65. The zero-order valence-corrected chi connectivity index (χ0v) is 25.2. The molecule has 13 nitrogen and oxygen atoms in total. The van der Waals surface area contributed by atoms with Gasteiger partial charge in [-0.15, -0.1) is 10.2 Å². The van der Waals surface area contributed by atoms with Crippen molar-refractivity contribution in [3.05, 3.63) is 66.1 Å². The number of ether oxygens (including phenoxy) is 1. The molecule has 0 unspecified atom stereocenters. The molecule has 5 aromatic rings. The number of benzene rings is 1. The van der Waals surface area contributed by atoms with Crippen LogP contribution in [0.25, 0.3) is 28.0 Å². The molecule has 4 aromatic heterocycles. The number of amides is 1. The van der Waals surface area contributed by atoms with Gasteiger partial charge in [0.25, 0.3) is 5.91 Å². The predicted octanol–water partition coefficient (Wildman–Crippen LogP) is 3.43. The molecule has 1 amide bonds. The first-order chi connectivity index (χ1) is 21.1. The van der Waals surface area contributed by atoms with Crippen molar-refractivity contribution < 1.29 is 17.9 Å². The highest BCUT2D eigenvalue weighted by molar-refractivity contribution is 7.91. The van der Waals surface area contributed by atoms with Gasteiger partial charge in [-0.3, -0.25) is 9.78 Å². The number of piperidine rings is 1. The SMILES string of the molecule is COc1ccc(-c2ccc(-c3cnn4c(N)c(S(C)(=O)=O)c([C@H]5C[C@H]6CC[C@@H](C5)N6C(=O)c5nnc(C)[nH]5)nc34)cn2)cc1. The number of carbonyl (C=O) groups excluding carboxylic acids is 1. The Morgan fingerprint density at radius 3 is 2.32 bits per heavy atom. The Kier molecular flexibility index (Phi) is 6.61. The molecule has 2 aliphatic heterocycles. The molecule has 6 heterocycles. The Labute approximate surface area is 253 Å². The van der Waals surface area contributed by atoms with Crippen molar-refractivity contribution in [2.45, 2.75) is 55.5 Å². The van der Waals surface area contributed by atoms with Crippen molar-refractivity contribution in [2.24, 2.45) is 0 Å². The van der Waals surface area contributed by atoms with Crippen LogP contribution in [0.1, 0.15) is 53.7 Å². The van der Waals surface area contributed by atoms with Gasteiger partial charge in [0.1, 0.15) is 22.3 Å². The van der Waals surface area contributed by atoms with E-state index in [1.165, 1.54) is 4.52 Å². The van der Waals surface area contributed by atoms with Gasteiger partial charge in [-0.05, 0) is 62.9 Å². The Morgan fingerprint density at radius 1 is 1.02 bits per heavy atom. The molecule has 7 rings (SSSR count). The largest absolute Gasteiger partial charge is 0.497 e. The van der Waals surface area contributed by atoms with E-state index in [1.54, 1.807) is 26.4 Å². The lowest BCUT2D eigenvalue weighted by Gasteiger charge is -2.38. The average molecular weight is 614 g/mol. The molecule has 0 spiro atoms. The smallest absolute Gasteiger partial charge is 0.292 e. The Morgan fingerprint density at radius 2 is 1.73 bits per heavy atom. The number of nitrogens with zero attached hydrogens (tertiary/aromatic N) is 7. The van der Waals surface area contributed by atoms with Crippen molar-refractivity contribution in [1.82, 2.24) is 39.7 Å². The number of H-pyrrole nitrogens is 1. The zero-order chi connectivity index (χ0) is 30.7. The van der Waals surface area contributed by atoms with Gasteiger partial charge in [-0.2, -0.15) is 9.61 Å². The van der Waals surface area contributed by atoms with Crippen molar-refractivity contribution in [1.29, 1.82) is 0 Å². The summed E-state index contributed by atoms with van der Waals surface area (Å²) in [5, 5.41) is 12.4.